The van der Waals surface area contributed by atoms with Crippen molar-refractivity contribution in [2.45, 2.75) is 40.0 Å². The minimum atomic E-state index is 0.575. The Balaban J connectivity index is 2.83. The topological polar surface area (TPSA) is 51.8 Å². The molecule has 0 aliphatic rings. The molecule has 0 bridgehead atoms. The number of aromatic nitrogens is 2. The van der Waals surface area contributed by atoms with E-state index in [0.29, 0.717) is 11.7 Å². The number of hydrogen-bond acceptors (Lipinski definition) is 3. The molecule has 0 aliphatic carbocycles. The highest BCUT2D eigenvalue weighted by Crippen LogP contribution is 2.09. The Bertz CT molecular complexity index is 295. The van der Waals surface area contributed by atoms with Crippen molar-refractivity contribution < 1.29 is 0 Å². The van der Waals surface area contributed by atoms with E-state index in [4.69, 9.17) is 5.73 Å². The second kappa shape index (κ2) is 4.94. The summed E-state index contributed by atoms with van der Waals surface area (Å²) in [6, 6.07) is 1.87. The van der Waals surface area contributed by atoms with Crippen LogP contribution in [0.1, 0.15) is 38.7 Å². The van der Waals surface area contributed by atoms with Gasteiger partial charge < -0.3 is 5.73 Å². The summed E-state index contributed by atoms with van der Waals surface area (Å²) in [5.41, 5.74) is 6.78. The molecule has 0 amide bonds. The van der Waals surface area contributed by atoms with Crippen LogP contribution in [0.4, 0.5) is 5.82 Å². The summed E-state index contributed by atoms with van der Waals surface area (Å²) in [6.45, 7) is 6.46. The van der Waals surface area contributed by atoms with Crippen LogP contribution in [0.25, 0.3) is 0 Å². The van der Waals surface area contributed by atoms with E-state index < -0.39 is 0 Å². The molecule has 0 saturated carbocycles. The third kappa shape index (κ3) is 3.32. The maximum Gasteiger partial charge on any atom is 0.131 e. The summed E-state index contributed by atoms with van der Waals surface area (Å²) in [5, 5.41) is 0. The van der Waals surface area contributed by atoms with E-state index in [1.54, 1.807) is 0 Å². The number of nitrogens with zero attached hydrogens (tertiary/aromatic N) is 2. The van der Waals surface area contributed by atoms with Crippen LogP contribution < -0.4 is 5.73 Å². The van der Waals surface area contributed by atoms with Crippen LogP contribution in [-0.2, 0) is 12.8 Å². The molecule has 3 nitrogen and oxygen atoms in total. The quantitative estimate of drug-likeness (QED) is 0.797. The van der Waals surface area contributed by atoms with Gasteiger partial charge in [-0.05, 0) is 12.3 Å². The third-order valence-corrected chi connectivity index (χ3v) is 1.94. The largest absolute Gasteiger partial charge is 0.384 e. The molecular formula is C11H19N3. The zero-order valence-electron chi connectivity index (χ0n) is 9.25. The van der Waals surface area contributed by atoms with E-state index >= 15 is 0 Å². The molecule has 3 heteroatoms. The predicted molar refractivity (Wildman–Crippen MR) is 59.0 cm³/mol. The fourth-order valence-corrected chi connectivity index (χ4v) is 1.42. The molecule has 0 atom stereocenters. The third-order valence-electron chi connectivity index (χ3n) is 1.94. The zero-order valence-corrected chi connectivity index (χ0v) is 9.25. The molecule has 0 fully saturated rings. The molecule has 1 aromatic heterocycles. The monoisotopic (exact) mass is 193 g/mol. The lowest BCUT2D eigenvalue weighted by molar-refractivity contribution is 0.617. The van der Waals surface area contributed by atoms with Gasteiger partial charge in [-0.1, -0.05) is 27.2 Å². The number of anilines is 1. The molecule has 1 rings (SSSR count). The number of rotatable bonds is 4. The van der Waals surface area contributed by atoms with Gasteiger partial charge in [-0.15, -0.1) is 0 Å². The van der Waals surface area contributed by atoms with E-state index in [1.165, 1.54) is 0 Å². The van der Waals surface area contributed by atoms with Crippen molar-refractivity contribution in [2.24, 2.45) is 5.92 Å². The average Bonchev–Trinajstić information content (AvgIpc) is 2.01. The first-order valence-electron chi connectivity index (χ1n) is 5.24. The Morgan fingerprint density at radius 2 is 2.07 bits per heavy atom. The van der Waals surface area contributed by atoms with Crippen molar-refractivity contribution in [1.29, 1.82) is 0 Å². The highest BCUT2D eigenvalue weighted by atomic mass is 14.9. The summed E-state index contributed by atoms with van der Waals surface area (Å²) < 4.78 is 0. The van der Waals surface area contributed by atoms with Crippen LogP contribution in [0.2, 0.25) is 0 Å². The molecule has 1 heterocycles. The molecule has 2 N–H and O–H groups in total. The standard InChI is InChI=1S/C11H19N3/c1-4-5-9-7-10(12)14-11(13-9)6-8(2)3/h7-8H,4-6H2,1-3H3,(H2,12,13,14). The minimum Gasteiger partial charge on any atom is -0.384 e. The Kier molecular flexibility index (Phi) is 3.86. The van der Waals surface area contributed by atoms with Gasteiger partial charge in [0.1, 0.15) is 11.6 Å². The summed E-state index contributed by atoms with van der Waals surface area (Å²) in [5.74, 6) is 2.05. The van der Waals surface area contributed by atoms with Crippen LogP contribution in [0.5, 0.6) is 0 Å². The molecule has 14 heavy (non-hydrogen) atoms. The molecule has 0 radical (unpaired) electrons. The van der Waals surface area contributed by atoms with Gasteiger partial charge in [-0.3, -0.25) is 0 Å². The predicted octanol–water partition coefficient (Wildman–Crippen LogP) is 2.21. The van der Waals surface area contributed by atoms with E-state index in [1.807, 2.05) is 6.07 Å². The van der Waals surface area contributed by atoms with Crippen LogP contribution in [0.3, 0.4) is 0 Å². The lowest BCUT2D eigenvalue weighted by atomic mass is 10.1. The molecule has 0 saturated heterocycles. The molecular weight excluding hydrogens is 174 g/mol. The summed E-state index contributed by atoms with van der Waals surface area (Å²) in [6.07, 6.45) is 2.98. The van der Waals surface area contributed by atoms with Crippen LogP contribution >= 0.6 is 0 Å². The summed E-state index contributed by atoms with van der Waals surface area (Å²) in [7, 11) is 0. The van der Waals surface area contributed by atoms with Gasteiger partial charge in [-0.25, -0.2) is 9.97 Å². The average molecular weight is 193 g/mol. The molecule has 0 aromatic carbocycles. The van der Waals surface area contributed by atoms with Crippen molar-refractivity contribution in [3.63, 3.8) is 0 Å². The second-order valence-corrected chi connectivity index (χ2v) is 4.05. The highest BCUT2D eigenvalue weighted by Gasteiger charge is 2.04. The second-order valence-electron chi connectivity index (χ2n) is 4.05. The van der Waals surface area contributed by atoms with Crippen molar-refractivity contribution in [2.75, 3.05) is 5.73 Å². The Morgan fingerprint density at radius 1 is 1.36 bits per heavy atom. The number of nitrogens with two attached hydrogens (primary N) is 1. The smallest absolute Gasteiger partial charge is 0.131 e. The first-order valence-corrected chi connectivity index (χ1v) is 5.24. The normalized spacial score (nSPS) is 10.9. The first-order chi connectivity index (χ1) is 6.61. The van der Waals surface area contributed by atoms with Gasteiger partial charge in [0.25, 0.3) is 0 Å². The van der Waals surface area contributed by atoms with Crippen molar-refractivity contribution >= 4 is 5.82 Å². The van der Waals surface area contributed by atoms with Gasteiger partial charge in [0.2, 0.25) is 0 Å². The Morgan fingerprint density at radius 3 is 2.64 bits per heavy atom. The number of aryl methyl sites for hydroxylation is 1. The summed E-state index contributed by atoms with van der Waals surface area (Å²) >= 11 is 0. The van der Waals surface area contributed by atoms with Crippen LogP contribution in [-0.4, -0.2) is 9.97 Å². The van der Waals surface area contributed by atoms with E-state index in [2.05, 4.69) is 30.7 Å². The van der Waals surface area contributed by atoms with Gasteiger partial charge in [0.05, 0.1) is 0 Å². The molecule has 0 unspecified atom stereocenters. The maximum atomic E-state index is 5.71. The van der Waals surface area contributed by atoms with E-state index in [9.17, 15) is 0 Å². The lowest BCUT2D eigenvalue weighted by Gasteiger charge is -2.06. The molecule has 78 valence electrons. The SMILES string of the molecule is CCCc1cc(N)nc(CC(C)C)n1. The molecule has 0 aliphatic heterocycles. The first kappa shape index (κ1) is 11.0. The van der Waals surface area contributed by atoms with Crippen molar-refractivity contribution in [1.82, 2.24) is 9.97 Å². The lowest BCUT2D eigenvalue weighted by Crippen LogP contribution is -2.06. The number of hydrogen-bond donors (Lipinski definition) is 1. The van der Waals surface area contributed by atoms with Crippen molar-refractivity contribution in [3.8, 4) is 0 Å². The fourth-order valence-electron chi connectivity index (χ4n) is 1.42. The van der Waals surface area contributed by atoms with E-state index in [0.717, 1.165) is 30.8 Å². The number of nitrogen functional groups attached to an aromatic ring is 1. The van der Waals surface area contributed by atoms with Gasteiger partial charge in [0, 0.05) is 18.2 Å². The highest BCUT2D eigenvalue weighted by molar-refractivity contribution is 5.29. The van der Waals surface area contributed by atoms with Gasteiger partial charge in [-0.2, -0.15) is 0 Å². The van der Waals surface area contributed by atoms with Crippen LogP contribution in [0.15, 0.2) is 6.07 Å². The Hall–Kier alpha value is -1.12. The zero-order chi connectivity index (χ0) is 10.6. The molecule has 1 aromatic rings. The fraction of sp³-hybridized carbons (Fsp3) is 0.636. The summed E-state index contributed by atoms with van der Waals surface area (Å²) in [4.78, 5) is 8.70. The van der Waals surface area contributed by atoms with Crippen molar-refractivity contribution in [3.05, 3.63) is 17.6 Å². The van der Waals surface area contributed by atoms with Crippen LogP contribution in [0, 0.1) is 5.92 Å². The van der Waals surface area contributed by atoms with E-state index in [-0.39, 0.29) is 0 Å². The maximum absolute atomic E-state index is 5.71. The Labute approximate surface area is 85.8 Å². The van der Waals surface area contributed by atoms with Gasteiger partial charge >= 0.3 is 0 Å². The van der Waals surface area contributed by atoms with Gasteiger partial charge in [0.15, 0.2) is 0 Å². The molecule has 0 spiro atoms. The minimum absolute atomic E-state index is 0.575.